The summed E-state index contributed by atoms with van der Waals surface area (Å²) in [5.41, 5.74) is -1.20. The molecule has 130 valence electrons. The van der Waals surface area contributed by atoms with E-state index in [0.29, 0.717) is 17.0 Å². The molecule has 0 spiro atoms. The number of benzene rings is 1. The molecule has 1 aliphatic rings. The number of aliphatic hydroxyl groups is 1. The second kappa shape index (κ2) is 8.76. The summed E-state index contributed by atoms with van der Waals surface area (Å²) in [6, 6.07) is 12.6. The summed E-state index contributed by atoms with van der Waals surface area (Å²) in [5.74, 6) is 1.22. The molecule has 1 aromatic carbocycles. The van der Waals surface area contributed by atoms with Gasteiger partial charge in [0.25, 0.3) is 0 Å². The monoisotopic (exact) mass is 411 g/mol. The van der Waals surface area contributed by atoms with Gasteiger partial charge in [0.05, 0.1) is 4.88 Å². The molecule has 0 radical (unpaired) electrons. The number of thiophene rings is 1. The summed E-state index contributed by atoms with van der Waals surface area (Å²) in [6.07, 6.45) is 0.644. The fraction of sp³-hybridized carbons (Fsp3) is 0.389. The minimum absolute atomic E-state index is 0.160. The predicted octanol–water partition coefficient (Wildman–Crippen LogP) is 3.24. The molecule has 24 heavy (non-hydrogen) atoms. The highest BCUT2D eigenvalue weighted by atomic mass is 79.9. The van der Waals surface area contributed by atoms with Crippen LogP contribution in [0.2, 0.25) is 0 Å². The summed E-state index contributed by atoms with van der Waals surface area (Å²) in [6.45, 7) is 1.61. The van der Waals surface area contributed by atoms with Crippen molar-refractivity contribution >= 4 is 33.2 Å². The topological polar surface area (TPSA) is 49.8 Å². The van der Waals surface area contributed by atoms with E-state index in [0.717, 1.165) is 13.0 Å². The van der Waals surface area contributed by atoms with Gasteiger partial charge in [-0.25, -0.2) is 4.79 Å². The Morgan fingerprint density at radius 2 is 2.00 bits per heavy atom. The molecular formula is C18H22BrNO3S. The van der Waals surface area contributed by atoms with Crippen molar-refractivity contribution in [3.8, 4) is 0 Å². The van der Waals surface area contributed by atoms with Crippen LogP contribution in [-0.2, 0) is 15.1 Å². The SMILES string of the molecule is CBr.CN1CCC(OC(=O)C(O)(c2ccccc2)c2cccs2)C1. The molecule has 1 aliphatic heterocycles. The largest absolute Gasteiger partial charge is 0.458 e. The molecule has 1 aromatic heterocycles. The smallest absolute Gasteiger partial charge is 0.348 e. The minimum atomic E-state index is -1.74. The first-order valence-corrected chi connectivity index (χ1v) is 10.2. The van der Waals surface area contributed by atoms with Crippen molar-refractivity contribution in [2.24, 2.45) is 0 Å². The van der Waals surface area contributed by atoms with Gasteiger partial charge in [0.15, 0.2) is 0 Å². The Kier molecular flexibility index (Phi) is 6.98. The Hall–Kier alpha value is -1.21. The standard InChI is InChI=1S/C17H19NO3S.CH3Br/c1-18-10-9-14(12-18)21-16(19)17(20,15-8-5-11-22-15)13-6-3-2-4-7-13;1-2/h2-8,11,14,20H,9-10,12H2,1H3;1H3. The van der Waals surface area contributed by atoms with Gasteiger partial charge in [-0.3, -0.25) is 0 Å². The molecule has 1 fully saturated rings. The zero-order chi connectivity index (χ0) is 17.6. The maximum atomic E-state index is 12.7. The van der Waals surface area contributed by atoms with Gasteiger partial charge in [0.1, 0.15) is 6.10 Å². The van der Waals surface area contributed by atoms with E-state index < -0.39 is 11.6 Å². The van der Waals surface area contributed by atoms with E-state index in [-0.39, 0.29) is 6.10 Å². The lowest BCUT2D eigenvalue weighted by molar-refractivity contribution is -0.166. The van der Waals surface area contributed by atoms with Crippen LogP contribution in [0.25, 0.3) is 0 Å². The average Bonchev–Trinajstić information content (AvgIpc) is 3.29. The summed E-state index contributed by atoms with van der Waals surface area (Å²) in [5, 5.41) is 13.0. The Morgan fingerprint density at radius 1 is 1.29 bits per heavy atom. The molecule has 2 heterocycles. The van der Waals surface area contributed by atoms with Crippen LogP contribution in [0.3, 0.4) is 0 Å². The fourth-order valence-corrected chi connectivity index (χ4v) is 3.58. The van der Waals surface area contributed by atoms with Gasteiger partial charge < -0.3 is 14.7 Å². The van der Waals surface area contributed by atoms with Crippen molar-refractivity contribution in [3.63, 3.8) is 0 Å². The number of rotatable bonds is 4. The number of likely N-dealkylation sites (tertiary alicyclic amines) is 1. The second-order valence-electron chi connectivity index (χ2n) is 5.63. The Labute approximate surface area is 155 Å². The first-order chi connectivity index (χ1) is 11.6. The molecule has 4 nitrogen and oxygen atoms in total. The van der Waals surface area contributed by atoms with Gasteiger partial charge in [0.2, 0.25) is 5.60 Å². The first kappa shape index (κ1) is 19.1. The molecule has 1 N–H and O–H groups in total. The highest BCUT2D eigenvalue weighted by Crippen LogP contribution is 2.34. The summed E-state index contributed by atoms with van der Waals surface area (Å²) in [4.78, 5) is 15.4. The van der Waals surface area contributed by atoms with Gasteiger partial charge in [-0.15, -0.1) is 11.3 Å². The van der Waals surface area contributed by atoms with Gasteiger partial charge >= 0.3 is 5.97 Å². The molecule has 2 unspecified atom stereocenters. The Morgan fingerprint density at radius 3 is 2.54 bits per heavy atom. The number of carbonyl (C=O) groups is 1. The van der Waals surface area contributed by atoms with Crippen molar-refractivity contribution in [2.75, 3.05) is 26.0 Å². The number of carbonyl (C=O) groups excluding carboxylic acids is 1. The number of hydrogen-bond donors (Lipinski definition) is 1. The predicted molar refractivity (Wildman–Crippen MR) is 101 cm³/mol. The number of esters is 1. The second-order valence-corrected chi connectivity index (χ2v) is 6.58. The maximum Gasteiger partial charge on any atom is 0.348 e. The number of ether oxygens (including phenoxy) is 1. The van der Waals surface area contributed by atoms with Crippen molar-refractivity contribution in [1.82, 2.24) is 4.90 Å². The lowest BCUT2D eigenvalue weighted by Gasteiger charge is -2.27. The van der Waals surface area contributed by atoms with Gasteiger partial charge in [-0.05, 0) is 30.7 Å². The van der Waals surface area contributed by atoms with Crippen LogP contribution in [0.15, 0.2) is 47.8 Å². The molecule has 0 amide bonds. The summed E-state index contributed by atoms with van der Waals surface area (Å²) >= 11 is 4.29. The molecule has 1 saturated heterocycles. The van der Waals surface area contributed by atoms with Crippen LogP contribution < -0.4 is 0 Å². The van der Waals surface area contributed by atoms with Crippen molar-refractivity contribution in [3.05, 3.63) is 58.3 Å². The number of hydrogen-bond acceptors (Lipinski definition) is 5. The third kappa shape index (κ3) is 4.06. The highest BCUT2D eigenvalue weighted by Gasteiger charge is 2.44. The third-order valence-electron chi connectivity index (χ3n) is 3.99. The van der Waals surface area contributed by atoms with Crippen LogP contribution >= 0.6 is 27.3 Å². The number of likely N-dealkylation sites (N-methyl/N-ethyl adjacent to an activating group) is 1. The highest BCUT2D eigenvalue weighted by molar-refractivity contribution is 9.08. The summed E-state index contributed by atoms with van der Waals surface area (Å²) < 4.78 is 5.60. The van der Waals surface area contributed by atoms with Gasteiger partial charge in [-0.1, -0.05) is 52.3 Å². The number of alkyl halides is 1. The molecule has 0 aliphatic carbocycles. The average molecular weight is 412 g/mol. The van der Waals surface area contributed by atoms with Crippen LogP contribution in [0, 0.1) is 0 Å². The van der Waals surface area contributed by atoms with Crippen LogP contribution in [-0.4, -0.2) is 48.0 Å². The molecule has 3 rings (SSSR count). The molecule has 0 bridgehead atoms. The van der Waals surface area contributed by atoms with E-state index in [2.05, 4.69) is 20.8 Å². The van der Waals surface area contributed by atoms with E-state index in [4.69, 9.17) is 4.74 Å². The van der Waals surface area contributed by atoms with E-state index in [1.54, 1.807) is 18.2 Å². The van der Waals surface area contributed by atoms with Crippen molar-refractivity contribution < 1.29 is 14.6 Å². The Balaban J connectivity index is 0.00000100. The minimum Gasteiger partial charge on any atom is -0.458 e. The maximum absolute atomic E-state index is 12.7. The normalized spacial score (nSPS) is 19.9. The molecular weight excluding hydrogens is 390 g/mol. The Bertz CT molecular complexity index is 635. The van der Waals surface area contributed by atoms with Gasteiger partial charge in [-0.2, -0.15) is 0 Å². The van der Waals surface area contributed by atoms with Crippen molar-refractivity contribution in [1.29, 1.82) is 0 Å². The quantitative estimate of drug-likeness (QED) is 0.619. The van der Waals surface area contributed by atoms with Crippen LogP contribution in [0.5, 0.6) is 0 Å². The summed E-state index contributed by atoms with van der Waals surface area (Å²) in [7, 11) is 2.00. The van der Waals surface area contributed by atoms with E-state index in [1.165, 1.54) is 11.3 Å². The molecule has 2 atom stereocenters. The van der Waals surface area contributed by atoms with E-state index in [1.807, 2.05) is 42.5 Å². The fourth-order valence-electron chi connectivity index (χ4n) is 2.75. The lowest BCUT2D eigenvalue weighted by Crippen LogP contribution is -2.40. The molecule has 2 aromatic rings. The number of nitrogens with zero attached hydrogens (tertiary/aromatic N) is 1. The molecule has 6 heteroatoms. The van der Waals surface area contributed by atoms with E-state index >= 15 is 0 Å². The van der Waals surface area contributed by atoms with Crippen LogP contribution in [0.1, 0.15) is 16.9 Å². The van der Waals surface area contributed by atoms with Crippen molar-refractivity contribution in [2.45, 2.75) is 18.1 Å². The zero-order valence-electron chi connectivity index (χ0n) is 13.8. The number of halogens is 1. The lowest BCUT2D eigenvalue weighted by atomic mass is 9.92. The molecule has 0 saturated carbocycles. The van der Waals surface area contributed by atoms with Crippen LogP contribution in [0.4, 0.5) is 0 Å². The van der Waals surface area contributed by atoms with Gasteiger partial charge in [0, 0.05) is 18.7 Å². The van der Waals surface area contributed by atoms with E-state index in [9.17, 15) is 9.90 Å². The zero-order valence-corrected chi connectivity index (χ0v) is 16.2. The first-order valence-electron chi connectivity index (χ1n) is 7.70. The third-order valence-corrected chi connectivity index (χ3v) is 4.97.